The van der Waals surface area contributed by atoms with Crippen LogP contribution in [0.4, 0.5) is 0 Å². The van der Waals surface area contributed by atoms with Gasteiger partial charge in [-0.15, -0.1) is 0 Å². The molecule has 128 valence electrons. The van der Waals surface area contributed by atoms with Gasteiger partial charge < -0.3 is 0 Å². The van der Waals surface area contributed by atoms with Crippen molar-refractivity contribution in [1.82, 2.24) is 14.7 Å². The number of hydrogen-bond donors (Lipinski definition) is 1. The van der Waals surface area contributed by atoms with Crippen LogP contribution >= 0.6 is 0 Å². The smallest absolute Gasteiger partial charge is 0.264 e. The molecule has 1 aliphatic heterocycles. The van der Waals surface area contributed by atoms with Gasteiger partial charge in [-0.05, 0) is 42.8 Å². The molecule has 0 spiro atoms. The van der Waals surface area contributed by atoms with Gasteiger partial charge >= 0.3 is 0 Å². The molecule has 3 heterocycles. The van der Waals surface area contributed by atoms with E-state index in [-0.39, 0.29) is 5.56 Å². The molecule has 0 saturated heterocycles. The van der Waals surface area contributed by atoms with Gasteiger partial charge in [0.2, 0.25) is 0 Å². The van der Waals surface area contributed by atoms with Gasteiger partial charge in [0.15, 0.2) is 0 Å². The standard InChI is InChI=1S/C21H11N3O3/c1-9-3-2-4-14-17(9)22-18-10-5-6-11-16-12(20(26)23-19(11)25)7-8-13(15(10)16)21(27)24(14)18/h2-8H,1H3,(H,23,25,26). The average Bonchev–Trinajstić information content (AvgIpc) is 3.05. The highest BCUT2D eigenvalue weighted by Crippen LogP contribution is 2.35. The van der Waals surface area contributed by atoms with Gasteiger partial charge in [0.25, 0.3) is 17.4 Å². The zero-order valence-corrected chi connectivity index (χ0v) is 14.2. The molecule has 3 aromatic carbocycles. The second-order valence-corrected chi connectivity index (χ2v) is 6.87. The normalized spacial score (nSPS) is 14.0. The number of para-hydroxylation sites is 1. The first-order chi connectivity index (χ1) is 13.1. The summed E-state index contributed by atoms with van der Waals surface area (Å²) in [6, 6.07) is 12.5. The maximum atomic E-state index is 13.3. The Morgan fingerprint density at radius 3 is 2.30 bits per heavy atom. The third-order valence-electron chi connectivity index (χ3n) is 5.44. The molecule has 0 radical (unpaired) electrons. The number of pyridine rings is 1. The first kappa shape index (κ1) is 14.4. The van der Waals surface area contributed by atoms with E-state index in [9.17, 15) is 14.4 Å². The summed E-state index contributed by atoms with van der Waals surface area (Å²) in [7, 11) is 0. The van der Waals surface area contributed by atoms with Gasteiger partial charge in [0.1, 0.15) is 5.65 Å². The fraction of sp³-hybridized carbons (Fsp3) is 0.0476. The largest absolute Gasteiger partial charge is 0.288 e. The summed E-state index contributed by atoms with van der Waals surface area (Å²) in [5.41, 5.74) is 3.65. The van der Waals surface area contributed by atoms with E-state index in [1.165, 1.54) is 0 Å². The van der Waals surface area contributed by atoms with Crippen LogP contribution in [0.15, 0.2) is 47.3 Å². The second kappa shape index (κ2) is 4.48. The Bertz CT molecular complexity index is 1540. The molecule has 6 nitrogen and oxygen atoms in total. The lowest BCUT2D eigenvalue weighted by Crippen LogP contribution is -2.34. The van der Waals surface area contributed by atoms with E-state index >= 15 is 0 Å². The van der Waals surface area contributed by atoms with Crippen molar-refractivity contribution in [3.8, 4) is 0 Å². The number of hydrogen-bond acceptors (Lipinski definition) is 4. The van der Waals surface area contributed by atoms with Crippen LogP contribution in [0, 0.1) is 6.92 Å². The Balaban J connectivity index is 1.99. The van der Waals surface area contributed by atoms with Crippen molar-refractivity contribution in [2.24, 2.45) is 0 Å². The Morgan fingerprint density at radius 1 is 0.852 bits per heavy atom. The summed E-state index contributed by atoms with van der Waals surface area (Å²) >= 11 is 0. The summed E-state index contributed by atoms with van der Waals surface area (Å²) in [4.78, 5) is 42.6. The molecule has 1 N–H and O–H groups in total. The van der Waals surface area contributed by atoms with Crippen molar-refractivity contribution in [3.63, 3.8) is 0 Å². The minimum atomic E-state index is -0.446. The molecule has 27 heavy (non-hydrogen) atoms. The molecule has 6 heteroatoms. The number of nitrogens with one attached hydrogen (secondary N) is 1. The number of imidazole rings is 1. The zero-order valence-electron chi connectivity index (χ0n) is 14.2. The Kier molecular flexibility index (Phi) is 2.38. The maximum absolute atomic E-state index is 13.3. The maximum Gasteiger partial charge on any atom is 0.264 e. The van der Waals surface area contributed by atoms with Crippen molar-refractivity contribution < 1.29 is 9.59 Å². The minimum absolute atomic E-state index is 0.201. The number of carbonyl (C=O) groups excluding carboxylic acids is 2. The predicted molar refractivity (Wildman–Crippen MR) is 102 cm³/mol. The van der Waals surface area contributed by atoms with Gasteiger partial charge in [-0.1, -0.05) is 12.1 Å². The molecule has 6 rings (SSSR count). The number of imide groups is 1. The predicted octanol–water partition coefficient (Wildman–Crippen LogP) is 2.78. The van der Waals surface area contributed by atoms with Crippen LogP contribution in [-0.4, -0.2) is 21.2 Å². The first-order valence-electron chi connectivity index (χ1n) is 8.55. The van der Waals surface area contributed by atoms with Crippen molar-refractivity contribution in [3.05, 3.63) is 69.5 Å². The Hall–Kier alpha value is -3.80. The molecule has 0 aliphatic carbocycles. The lowest BCUT2D eigenvalue weighted by Gasteiger charge is -2.18. The number of fused-ring (bicyclic) bond motifs is 4. The van der Waals surface area contributed by atoms with E-state index in [0.717, 1.165) is 22.0 Å². The summed E-state index contributed by atoms with van der Waals surface area (Å²) in [6.45, 7) is 1.96. The number of aromatic nitrogens is 2. The molecule has 0 unspecified atom stereocenters. The molecular weight excluding hydrogens is 342 g/mol. The Labute approximate surface area is 151 Å². The van der Waals surface area contributed by atoms with E-state index in [0.29, 0.717) is 32.9 Å². The highest BCUT2D eigenvalue weighted by molar-refractivity contribution is 6.31. The van der Waals surface area contributed by atoms with Gasteiger partial charge in [-0.3, -0.25) is 24.1 Å². The van der Waals surface area contributed by atoms with E-state index in [1.54, 1.807) is 28.7 Å². The van der Waals surface area contributed by atoms with E-state index < -0.39 is 11.8 Å². The van der Waals surface area contributed by atoms with Crippen LogP contribution in [0.1, 0.15) is 26.3 Å². The van der Waals surface area contributed by atoms with Crippen LogP contribution in [0.2, 0.25) is 0 Å². The highest BCUT2D eigenvalue weighted by atomic mass is 16.2. The Morgan fingerprint density at radius 2 is 1.56 bits per heavy atom. The average molecular weight is 353 g/mol. The van der Waals surface area contributed by atoms with Crippen LogP contribution < -0.4 is 10.9 Å². The molecule has 1 aliphatic rings. The topological polar surface area (TPSA) is 80.5 Å². The first-order valence-corrected chi connectivity index (χ1v) is 8.55. The lowest BCUT2D eigenvalue weighted by molar-refractivity contribution is 0.0845. The quantitative estimate of drug-likeness (QED) is 0.434. The molecule has 2 amide bonds. The van der Waals surface area contributed by atoms with Crippen molar-refractivity contribution >= 4 is 50.0 Å². The van der Waals surface area contributed by atoms with Gasteiger partial charge in [-0.25, -0.2) is 4.98 Å². The van der Waals surface area contributed by atoms with Crippen LogP contribution in [-0.2, 0) is 0 Å². The van der Waals surface area contributed by atoms with E-state index in [1.807, 2.05) is 25.1 Å². The summed E-state index contributed by atoms with van der Waals surface area (Å²) in [5, 5.41) is 4.73. The van der Waals surface area contributed by atoms with Crippen LogP contribution in [0.3, 0.4) is 0 Å². The number of aryl methyl sites for hydroxylation is 1. The van der Waals surface area contributed by atoms with Crippen molar-refractivity contribution in [2.45, 2.75) is 6.92 Å². The molecule has 5 aromatic rings. The zero-order chi connectivity index (χ0) is 18.4. The number of rotatable bonds is 0. The summed E-state index contributed by atoms with van der Waals surface area (Å²) < 4.78 is 1.62. The molecule has 0 saturated carbocycles. The summed E-state index contributed by atoms with van der Waals surface area (Å²) in [5.74, 6) is -0.892. The van der Waals surface area contributed by atoms with Crippen molar-refractivity contribution in [1.29, 1.82) is 0 Å². The van der Waals surface area contributed by atoms with Crippen molar-refractivity contribution in [2.75, 3.05) is 0 Å². The minimum Gasteiger partial charge on any atom is -0.288 e. The van der Waals surface area contributed by atoms with Gasteiger partial charge in [0.05, 0.1) is 11.0 Å². The van der Waals surface area contributed by atoms with E-state index in [2.05, 4.69) is 5.32 Å². The molecule has 2 aromatic heterocycles. The molecule has 0 fully saturated rings. The van der Waals surface area contributed by atoms with Gasteiger partial charge in [0, 0.05) is 32.7 Å². The molecule has 0 atom stereocenters. The third kappa shape index (κ3) is 1.56. The van der Waals surface area contributed by atoms with Crippen LogP contribution in [0.5, 0.6) is 0 Å². The monoisotopic (exact) mass is 353 g/mol. The highest BCUT2D eigenvalue weighted by Gasteiger charge is 2.28. The van der Waals surface area contributed by atoms with E-state index in [4.69, 9.17) is 4.98 Å². The number of benzene rings is 3. The van der Waals surface area contributed by atoms with Gasteiger partial charge in [-0.2, -0.15) is 0 Å². The molecule has 0 bridgehead atoms. The fourth-order valence-corrected chi connectivity index (χ4v) is 4.22. The fourth-order valence-electron chi connectivity index (χ4n) is 4.22. The summed E-state index contributed by atoms with van der Waals surface area (Å²) in [6.07, 6.45) is 0. The third-order valence-corrected chi connectivity index (χ3v) is 5.44. The molecular formula is C21H11N3O3. The lowest BCUT2D eigenvalue weighted by atomic mass is 9.91. The SMILES string of the molecule is Cc1cccc2c1nc1c3ccc4c5c(ccc(c(=O)n21)c53)C(=O)NC4=O. The number of amides is 2. The number of nitrogens with zero attached hydrogens (tertiary/aromatic N) is 2. The number of carbonyl (C=O) groups is 2. The van der Waals surface area contributed by atoms with Crippen LogP contribution in [0.25, 0.3) is 38.2 Å². The second-order valence-electron chi connectivity index (χ2n) is 6.87.